The van der Waals surface area contributed by atoms with Crippen molar-refractivity contribution in [1.29, 1.82) is 0 Å². The molecule has 1 atom stereocenters. The lowest BCUT2D eigenvalue weighted by Gasteiger charge is -2.46. The summed E-state index contributed by atoms with van der Waals surface area (Å²) in [7, 11) is 0. The van der Waals surface area contributed by atoms with E-state index in [9.17, 15) is 5.11 Å². The Morgan fingerprint density at radius 3 is 2.31 bits per heavy atom. The van der Waals surface area contributed by atoms with Crippen molar-refractivity contribution in [3.63, 3.8) is 0 Å². The van der Waals surface area contributed by atoms with Crippen LogP contribution in [0.3, 0.4) is 0 Å². The molecule has 1 heteroatoms. The summed E-state index contributed by atoms with van der Waals surface area (Å²) in [4.78, 5) is 0. The smallest absolute Gasteiger partial charge is 0.0596 e. The Labute approximate surface area is 82.5 Å². The molecule has 0 aromatic carbocycles. The predicted octanol–water partition coefficient (Wildman–Crippen LogP) is 3.51. The molecule has 0 radical (unpaired) electrons. The molecule has 0 spiro atoms. The predicted molar refractivity (Wildman–Crippen MR) is 56.7 cm³/mol. The Hall–Kier alpha value is -0.0400. The summed E-state index contributed by atoms with van der Waals surface area (Å²) < 4.78 is 0. The van der Waals surface area contributed by atoms with E-state index in [-0.39, 0.29) is 6.10 Å². The number of hydrogen-bond acceptors (Lipinski definition) is 1. The molecule has 0 aromatic rings. The molecule has 0 aliphatic heterocycles. The first-order valence-electron chi connectivity index (χ1n) is 5.93. The van der Waals surface area contributed by atoms with E-state index in [0.717, 1.165) is 12.8 Å². The topological polar surface area (TPSA) is 20.2 Å². The Morgan fingerprint density at radius 2 is 1.92 bits per heavy atom. The molecule has 0 saturated heterocycles. The Kier molecular flexibility index (Phi) is 4.24. The molecule has 0 amide bonds. The van der Waals surface area contributed by atoms with Crippen LogP contribution in [0, 0.1) is 5.41 Å². The van der Waals surface area contributed by atoms with Gasteiger partial charge in [-0.1, -0.05) is 39.5 Å². The number of rotatable bonds is 6. The van der Waals surface area contributed by atoms with E-state index in [4.69, 9.17) is 0 Å². The van der Waals surface area contributed by atoms with Gasteiger partial charge in [0.2, 0.25) is 0 Å². The van der Waals surface area contributed by atoms with E-state index < -0.39 is 0 Å². The molecule has 78 valence electrons. The van der Waals surface area contributed by atoms with Crippen molar-refractivity contribution in [1.82, 2.24) is 0 Å². The highest BCUT2D eigenvalue weighted by Gasteiger charge is 2.41. The second-order valence-electron chi connectivity index (χ2n) is 4.62. The van der Waals surface area contributed by atoms with E-state index in [1.807, 2.05) is 0 Å². The van der Waals surface area contributed by atoms with Gasteiger partial charge in [0.15, 0.2) is 0 Å². The van der Waals surface area contributed by atoms with Gasteiger partial charge in [0.25, 0.3) is 0 Å². The van der Waals surface area contributed by atoms with Crippen LogP contribution >= 0.6 is 0 Å². The maximum absolute atomic E-state index is 10.0. The molecule has 1 saturated carbocycles. The van der Waals surface area contributed by atoms with Gasteiger partial charge in [-0.2, -0.15) is 0 Å². The van der Waals surface area contributed by atoms with Crippen LogP contribution in [0.1, 0.15) is 65.2 Å². The Bertz CT molecular complexity index is 138. The van der Waals surface area contributed by atoms with Crippen LogP contribution in [0.5, 0.6) is 0 Å². The number of unbranched alkanes of at least 4 members (excludes halogenated alkanes) is 1. The number of aliphatic hydroxyl groups excluding tert-OH is 1. The van der Waals surface area contributed by atoms with Gasteiger partial charge in [0, 0.05) is 0 Å². The highest BCUT2D eigenvalue weighted by atomic mass is 16.3. The minimum Gasteiger partial charge on any atom is -0.393 e. The van der Waals surface area contributed by atoms with E-state index >= 15 is 0 Å². The molecule has 1 aliphatic carbocycles. The van der Waals surface area contributed by atoms with Crippen molar-refractivity contribution in [2.24, 2.45) is 5.41 Å². The average Bonchev–Trinajstić information content (AvgIpc) is 2.03. The second kappa shape index (κ2) is 4.99. The molecule has 0 heterocycles. The minimum absolute atomic E-state index is 0.0159. The monoisotopic (exact) mass is 184 g/mol. The Morgan fingerprint density at radius 1 is 1.23 bits per heavy atom. The zero-order valence-corrected chi connectivity index (χ0v) is 9.18. The Balaban J connectivity index is 2.38. The first-order chi connectivity index (χ1) is 6.25. The summed E-state index contributed by atoms with van der Waals surface area (Å²) in [6.07, 6.45) is 9.80. The van der Waals surface area contributed by atoms with Crippen LogP contribution in [0.2, 0.25) is 0 Å². The van der Waals surface area contributed by atoms with Gasteiger partial charge in [0.1, 0.15) is 0 Å². The van der Waals surface area contributed by atoms with Gasteiger partial charge < -0.3 is 5.11 Å². The molecule has 1 aliphatic rings. The standard InChI is InChI=1S/C12H24O/c1-3-5-8-12(9-6-10-12)11(13)7-4-2/h11,13H,3-10H2,1-2H3. The van der Waals surface area contributed by atoms with Crippen LogP contribution in [0.25, 0.3) is 0 Å². The lowest BCUT2D eigenvalue weighted by molar-refractivity contribution is -0.0470. The number of aliphatic hydroxyl groups is 1. The molecular weight excluding hydrogens is 160 g/mol. The van der Waals surface area contributed by atoms with Crippen molar-refractivity contribution in [2.45, 2.75) is 71.3 Å². The first-order valence-corrected chi connectivity index (χ1v) is 5.93. The lowest BCUT2D eigenvalue weighted by atomic mass is 9.61. The molecule has 13 heavy (non-hydrogen) atoms. The van der Waals surface area contributed by atoms with Crippen LogP contribution in [-0.4, -0.2) is 11.2 Å². The fraction of sp³-hybridized carbons (Fsp3) is 1.00. The van der Waals surface area contributed by atoms with E-state index in [1.54, 1.807) is 0 Å². The lowest BCUT2D eigenvalue weighted by Crippen LogP contribution is -2.41. The first kappa shape index (κ1) is 11.0. The highest BCUT2D eigenvalue weighted by molar-refractivity contribution is 4.93. The van der Waals surface area contributed by atoms with Crippen LogP contribution < -0.4 is 0 Å². The third kappa shape index (κ3) is 2.46. The van der Waals surface area contributed by atoms with Crippen LogP contribution in [-0.2, 0) is 0 Å². The molecule has 0 aromatic heterocycles. The molecule has 1 rings (SSSR count). The van der Waals surface area contributed by atoms with Gasteiger partial charge in [-0.25, -0.2) is 0 Å². The maximum Gasteiger partial charge on any atom is 0.0596 e. The van der Waals surface area contributed by atoms with Gasteiger partial charge in [-0.15, -0.1) is 0 Å². The summed E-state index contributed by atoms with van der Waals surface area (Å²) in [5.74, 6) is 0. The molecule has 0 bridgehead atoms. The average molecular weight is 184 g/mol. The zero-order valence-electron chi connectivity index (χ0n) is 9.18. The normalized spacial score (nSPS) is 22.4. The fourth-order valence-corrected chi connectivity index (χ4v) is 2.49. The largest absolute Gasteiger partial charge is 0.393 e. The fourth-order valence-electron chi connectivity index (χ4n) is 2.49. The summed E-state index contributed by atoms with van der Waals surface area (Å²) in [6.45, 7) is 4.40. The third-order valence-corrected chi connectivity index (χ3v) is 3.65. The van der Waals surface area contributed by atoms with Crippen LogP contribution in [0.15, 0.2) is 0 Å². The number of hydrogen-bond donors (Lipinski definition) is 1. The summed E-state index contributed by atoms with van der Waals surface area (Å²) in [6, 6.07) is 0. The molecule has 1 nitrogen and oxygen atoms in total. The zero-order chi connectivity index (χ0) is 9.73. The second-order valence-corrected chi connectivity index (χ2v) is 4.62. The summed E-state index contributed by atoms with van der Waals surface area (Å²) >= 11 is 0. The summed E-state index contributed by atoms with van der Waals surface area (Å²) in [5, 5.41) is 10.0. The molecular formula is C12H24O. The van der Waals surface area contributed by atoms with Gasteiger partial charge in [-0.3, -0.25) is 0 Å². The van der Waals surface area contributed by atoms with Crippen LogP contribution in [0.4, 0.5) is 0 Å². The quantitative estimate of drug-likeness (QED) is 0.669. The van der Waals surface area contributed by atoms with Crippen molar-refractivity contribution in [3.05, 3.63) is 0 Å². The molecule has 1 fully saturated rings. The molecule has 1 N–H and O–H groups in total. The van der Waals surface area contributed by atoms with Crippen molar-refractivity contribution in [2.75, 3.05) is 0 Å². The van der Waals surface area contributed by atoms with E-state index in [0.29, 0.717) is 5.41 Å². The van der Waals surface area contributed by atoms with Gasteiger partial charge in [0.05, 0.1) is 6.10 Å². The SMILES string of the molecule is CCCCC1(C(O)CCC)CCC1. The van der Waals surface area contributed by atoms with E-state index in [1.165, 1.54) is 38.5 Å². The van der Waals surface area contributed by atoms with Crippen molar-refractivity contribution < 1.29 is 5.11 Å². The summed E-state index contributed by atoms with van der Waals surface area (Å²) in [5.41, 5.74) is 0.339. The van der Waals surface area contributed by atoms with Gasteiger partial charge >= 0.3 is 0 Å². The maximum atomic E-state index is 10.0. The third-order valence-electron chi connectivity index (χ3n) is 3.65. The molecule has 1 unspecified atom stereocenters. The van der Waals surface area contributed by atoms with Crippen molar-refractivity contribution in [3.8, 4) is 0 Å². The van der Waals surface area contributed by atoms with Crippen molar-refractivity contribution >= 4 is 0 Å². The minimum atomic E-state index is -0.0159. The highest BCUT2D eigenvalue weighted by Crippen LogP contribution is 2.48. The van der Waals surface area contributed by atoms with E-state index in [2.05, 4.69) is 13.8 Å². The van der Waals surface area contributed by atoms with Gasteiger partial charge in [-0.05, 0) is 31.1 Å².